The van der Waals surface area contributed by atoms with Crippen molar-refractivity contribution in [3.63, 3.8) is 0 Å². The maximum absolute atomic E-state index is 13.2. The molecule has 0 amide bonds. The number of esters is 2. The summed E-state index contributed by atoms with van der Waals surface area (Å²) < 4.78 is 11.3. The van der Waals surface area contributed by atoms with Crippen LogP contribution in [0.2, 0.25) is 0 Å². The highest BCUT2D eigenvalue weighted by atomic mass is 16.5. The summed E-state index contributed by atoms with van der Waals surface area (Å²) in [7, 11) is 0. The van der Waals surface area contributed by atoms with Gasteiger partial charge in [-0.05, 0) is 50.2 Å². The molecule has 0 heterocycles. The summed E-state index contributed by atoms with van der Waals surface area (Å²) in [6.07, 6.45) is 26.8. The maximum atomic E-state index is 13.2. The summed E-state index contributed by atoms with van der Waals surface area (Å²) in [6, 6.07) is 5.59. The summed E-state index contributed by atoms with van der Waals surface area (Å²) in [5.41, 5.74) is 1.71. The molecule has 0 unspecified atom stereocenters. The number of aliphatic carboxylic acids is 2. The van der Waals surface area contributed by atoms with Crippen LogP contribution in [0.5, 0.6) is 0 Å². The van der Waals surface area contributed by atoms with E-state index in [0.29, 0.717) is 37.2 Å². The third kappa shape index (κ3) is 27.6. The molecule has 0 fully saturated rings. The lowest BCUT2D eigenvalue weighted by Gasteiger charge is -2.14. The third-order valence-electron chi connectivity index (χ3n) is 8.62. The van der Waals surface area contributed by atoms with Crippen molar-refractivity contribution in [1.82, 2.24) is 0 Å². The van der Waals surface area contributed by atoms with Crippen LogP contribution in [0.3, 0.4) is 0 Å². The number of hydrogen-bond donors (Lipinski definition) is 2. The van der Waals surface area contributed by atoms with Gasteiger partial charge in [0.2, 0.25) is 0 Å². The number of carbonyl (C=O) groups is 4. The van der Waals surface area contributed by atoms with Gasteiger partial charge in [-0.25, -0.2) is 9.59 Å². The molecule has 0 aliphatic rings. The van der Waals surface area contributed by atoms with Gasteiger partial charge in [-0.3, -0.25) is 9.59 Å². The lowest BCUT2D eigenvalue weighted by atomic mass is 9.96. The zero-order valence-corrected chi connectivity index (χ0v) is 31.4. The lowest BCUT2D eigenvalue weighted by molar-refractivity contribution is -0.139. The topological polar surface area (TPSA) is 127 Å². The molecule has 0 bridgehead atoms. The quantitative estimate of drug-likeness (QED) is 0.0582. The van der Waals surface area contributed by atoms with Gasteiger partial charge >= 0.3 is 23.9 Å². The Morgan fingerprint density at radius 1 is 0.490 bits per heavy atom. The zero-order valence-electron chi connectivity index (χ0n) is 31.4. The second kappa shape index (κ2) is 33.6. The Bertz CT molecular complexity index is 974. The molecule has 0 aliphatic heterocycles. The normalized spacial score (nSPS) is 10.7. The van der Waals surface area contributed by atoms with Gasteiger partial charge in [0, 0.05) is 12.8 Å². The maximum Gasteiger partial charge on any atom is 0.339 e. The summed E-state index contributed by atoms with van der Waals surface area (Å²) >= 11 is 0. The SMILES string of the molecule is CCCCCCCCCCCc1cccc(C(=O)OCCCCCCC)c1C(=O)OCCCCCCCCC.O=C(O)CCCCC(=O)O. The van der Waals surface area contributed by atoms with Crippen LogP contribution in [0.1, 0.15) is 208 Å². The van der Waals surface area contributed by atoms with Crippen LogP contribution in [0.15, 0.2) is 18.2 Å². The Morgan fingerprint density at radius 2 is 0.878 bits per heavy atom. The number of ether oxygens (including phenoxy) is 2. The minimum absolute atomic E-state index is 0.0628. The molecule has 8 nitrogen and oxygen atoms in total. The van der Waals surface area contributed by atoms with E-state index in [1.807, 2.05) is 12.1 Å². The summed E-state index contributed by atoms with van der Waals surface area (Å²) in [5, 5.41) is 16.3. The smallest absolute Gasteiger partial charge is 0.339 e. The second-order valence-corrected chi connectivity index (χ2v) is 13.2. The Morgan fingerprint density at radius 3 is 1.31 bits per heavy atom. The lowest BCUT2D eigenvalue weighted by Crippen LogP contribution is -2.17. The fourth-order valence-corrected chi connectivity index (χ4v) is 5.64. The molecular formula is C41H70O8. The highest BCUT2D eigenvalue weighted by Gasteiger charge is 2.23. The number of carbonyl (C=O) groups excluding carboxylic acids is 2. The van der Waals surface area contributed by atoms with Crippen molar-refractivity contribution in [3.8, 4) is 0 Å². The Kier molecular flexibility index (Phi) is 31.6. The van der Waals surface area contributed by atoms with E-state index in [9.17, 15) is 19.2 Å². The van der Waals surface area contributed by atoms with Crippen molar-refractivity contribution in [3.05, 3.63) is 34.9 Å². The highest BCUT2D eigenvalue weighted by molar-refractivity contribution is 6.04. The number of hydrogen-bond acceptors (Lipinski definition) is 6. The predicted molar refractivity (Wildman–Crippen MR) is 198 cm³/mol. The van der Waals surface area contributed by atoms with E-state index in [-0.39, 0.29) is 18.8 Å². The van der Waals surface area contributed by atoms with Gasteiger partial charge in [0.25, 0.3) is 0 Å². The van der Waals surface area contributed by atoms with E-state index in [1.165, 1.54) is 96.3 Å². The van der Waals surface area contributed by atoms with Crippen molar-refractivity contribution in [2.45, 2.75) is 188 Å². The molecular weight excluding hydrogens is 620 g/mol. The Balaban J connectivity index is 0.00000198. The zero-order chi connectivity index (χ0) is 36.4. The number of carboxylic acid groups (broad SMARTS) is 2. The van der Waals surface area contributed by atoms with Crippen LogP contribution in [-0.2, 0) is 25.5 Å². The van der Waals surface area contributed by atoms with E-state index in [2.05, 4.69) is 20.8 Å². The van der Waals surface area contributed by atoms with E-state index < -0.39 is 17.9 Å². The standard InChI is InChI=1S/C35H60O4.C6H10O4/c1-4-7-10-13-15-16-17-19-22-26-31-27-25-28-32(34(36)38-29-23-20-12-9-6-3)33(31)35(37)39-30-24-21-18-14-11-8-5-2;7-5(8)3-1-2-4-6(9)10/h25,27-28H,4-24,26,29-30H2,1-3H3;1-4H2,(H,7,8)(H,9,10). The van der Waals surface area contributed by atoms with Crippen molar-refractivity contribution in [1.29, 1.82) is 0 Å². The van der Waals surface area contributed by atoms with Crippen LogP contribution in [0, 0.1) is 0 Å². The summed E-state index contributed by atoms with van der Waals surface area (Å²) in [4.78, 5) is 46.0. The van der Waals surface area contributed by atoms with E-state index in [1.54, 1.807) is 6.07 Å². The highest BCUT2D eigenvalue weighted by Crippen LogP contribution is 2.22. The van der Waals surface area contributed by atoms with E-state index in [0.717, 1.165) is 50.5 Å². The van der Waals surface area contributed by atoms with Crippen LogP contribution < -0.4 is 0 Å². The van der Waals surface area contributed by atoms with Gasteiger partial charge in [-0.15, -0.1) is 0 Å². The number of carboxylic acids is 2. The predicted octanol–water partition coefficient (Wildman–Crippen LogP) is 11.5. The minimum Gasteiger partial charge on any atom is -0.481 e. The van der Waals surface area contributed by atoms with Crippen LogP contribution in [0.25, 0.3) is 0 Å². The van der Waals surface area contributed by atoms with Crippen LogP contribution in [-0.4, -0.2) is 47.3 Å². The summed E-state index contributed by atoms with van der Waals surface area (Å²) in [5.74, 6) is -2.51. The van der Waals surface area contributed by atoms with Gasteiger partial charge in [-0.2, -0.15) is 0 Å². The summed E-state index contributed by atoms with van der Waals surface area (Å²) in [6.45, 7) is 7.48. The molecule has 0 aliphatic carbocycles. The Labute approximate surface area is 298 Å². The minimum atomic E-state index is -0.870. The van der Waals surface area contributed by atoms with Crippen LogP contribution >= 0.6 is 0 Å². The molecule has 0 saturated heterocycles. The third-order valence-corrected chi connectivity index (χ3v) is 8.62. The molecule has 0 saturated carbocycles. The molecule has 282 valence electrons. The first-order valence-corrected chi connectivity index (χ1v) is 19.7. The average molecular weight is 691 g/mol. The first kappa shape index (κ1) is 46.1. The molecule has 0 aromatic heterocycles. The van der Waals surface area contributed by atoms with Gasteiger partial charge < -0.3 is 19.7 Å². The van der Waals surface area contributed by atoms with Crippen molar-refractivity contribution in [2.24, 2.45) is 0 Å². The van der Waals surface area contributed by atoms with Gasteiger partial charge in [0.1, 0.15) is 0 Å². The van der Waals surface area contributed by atoms with Crippen molar-refractivity contribution < 1.29 is 38.9 Å². The van der Waals surface area contributed by atoms with Gasteiger partial charge in [0.05, 0.1) is 24.3 Å². The number of benzene rings is 1. The molecule has 1 rings (SSSR count). The molecule has 0 atom stereocenters. The first-order valence-electron chi connectivity index (χ1n) is 19.7. The fourth-order valence-electron chi connectivity index (χ4n) is 5.64. The molecule has 8 heteroatoms. The second-order valence-electron chi connectivity index (χ2n) is 13.2. The van der Waals surface area contributed by atoms with Gasteiger partial charge in [0.15, 0.2) is 0 Å². The molecule has 0 spiro atoms. The number of rotatable bonds is 31. The molecule has 0 radical (unpaired) electrons. The molecule has 1 aromatic carbocycles. The molecule has 49 heavy (non-hydrogen) atoms. The van der Waals surface area contributed by atoms with Crippen molar-refractivity contribution in [2.75, 3.05) is 13.2 Å². The van der Waals surface area contributed by atoms with E-state index in [4.69, 9.17) is 19.7 Å². The first-order chi connectivity index (χ1) is 23.8. The monoisotopic (exact) mass is 691 g/mol. The molecule has 2 N–H and O–H groups in total. The molecule has 1 aromatic rings. The number of aryl methyl sites for hydroxylation is 1. The average Bonchev–Trinajstić information content (AvgIpc) is 3.08. The largest absolute Gasteiger partial charge is 0.481 e. The van der Waals surface area contributed by atoms with E-state index >= 15 is 0 Å². The number of unbranched alkanes of at least 4 members (excludes halogenated alkanes) is 19. The fraction of sp³-hybridized carbons (Fsp3) is 0.756. The Hall–Kier alpha value is -2.90. The van der Waals surface area contributed by atoms with Gasteiger partial charge in [-0.1, -0.05) is 148 Å². The van der Waals surface area contributed by atoms with Crippen LogP contribution in [0.4, 0.5) is 0 Å². The van der Waals surface area contributed by atoms with Crippen molar-refractivity contribution >= 4 is 23.9 Å².